The van der Waals surface area contributed by atoms with Crippen LogP contribution in [0.4, 0.5) is 0 Å². The van der Waals surface area contributed by atoms with E-state index in [1.165, 1.54) is 17.0 Å². The van der Waals surface area contributed by atoms with Crippen LogP contribution in [0, 0.1) is 11.8 Å². The summed E-state index contributed by atoms with van der Waals surface area (Å²) in [4.78, 5) is 144. The molecule has 27 heteroatoms. The van der Waals surface area contributed by atoms with E-state index in [0.717, 1.165) is 21.6 Å². The van der Waals surface area contributed by atoms with Crippen molar-refractivity contribution >= 4 is 86.6 Å². The van der Waals surface area contributed by atoms with Gasteiger partial charge in [0.2, 0.25) is 59.1 Å². The maximum Gasteiger partial charge on any atom is 0.321 e. The Kier molecular flexibility index (Phi) is 25.5. The van der Waals surface area contributed by atoms with Crippen LogP contribution in [0.25, 0.3) is 0 Å². The van der Waals surface area contributed by atoms with Gasteiger partial charge in [0.25, 0.3) is 0 Å². The number of carboxylic acids is 1. The second-order valence-corrected chi connectivity index (χ2v) is 19.8. The molecule has 10 amide bonds. The van der Waals surface area contributed by atoms with E-state index in [-0.39, 0.29) is 49.0 Å². The van der Waals surface area contributed by atoms with Gasteiger partial charge in [-0.1, -0.05) is 67.8 Å². The number of hydrogen-bond acceptors (Lipinski definition) is 16. The number of primary amides is 3. The average molecular weight is 1030 g/mol. The minimum Gasteiger partial charge on any atom is -0.508 e. The first-order chi connectivity index (χ1) is 32.8. The summed E-state index contributed by atoms with van der Waals surface area (Å²) in [5.41, 5.74) is 28.5. The predicted molar refractivity (Wildman–Crippen MR) is 258 cm³/mol. The summed E-state index contributed by atoms with van der Waals surface area (Å²) in [6, 6.07) is -4.84. The van der Waals surface area contributed by atoms with Crippen molar-refractivity contribution in [1.82, 2.24) is 36.8 Å². The van der Waals surface area contributed by atoms with Crippen LogP contribution in [-0.2, 0) is 59.2 Å². The average Bonchev–Trinajstić information content (AvgIpc) is 3.79. The Bertz CT molecular complexity index is 2030. The Hall–Kier alpha value is -6.19. The smallest absolute Gasteiger partial charge is 0.321 e. The van der Waals surface area contributed by atoms with Gasteiger partial charge in [0, 0.05) is 24.5 Å². The van der Waals surface area contributed by atoms with Gasteiger partial charge < -0.3 is 75.7 Å². The Balaban J connectivity index is 2.41. The number of nitrogens with one attached hydrogen (secondary N) is 6. The summed E-state index contributed by atoms with van der Waals surface area (Å²) >= 11 is 0. The molecule has 2 rings (SSSR count). The molecule has 9 atom stereocenters. The van der Waals surface area contributed by atoms with E-state index < -0.39 is 145 Å². The van der Waals surface area contributed by atoms with Gasteiger partial charge >= 0.3 is 5.97 Å². The summed E-state index contributed by atoms with van der Waals surface area (Å²) in [6.45, 7) is 6.55. The van der Waals surface area contributed by atoms with Gasteiger partial charge in [-0.15, -0.1) is 0 Å². The zero-order chi connectivity index (χ0) is 52.8. The third kappa shape index (κ3) is 20.8. The van der Waals surface area contributed by atoms with Crippen LogP contribution >= 0.6 is 21.6 Å². The molecule has 1 aliphatic heterocycles. The SMILES string of the molecule is CC[C@H](C)C(NC(=O)[C@@H](N)Cc1ccc(O)cc1)C(=O)N[C@@H](CCC(N)=O)C(=O)N[C@@H](CC(N)=O)C(=O)N[C@@H](CSSC[C@H](N)C(=O)O)C(=O)N1CCC[C@H]1C(=O)N[C@@H](CC(C)C)C(=O)NCC(N)=O. The largest absolute Gasteiger partial charge is 0.508 e. The Morgan fingerprint density at radius 1 is 0.714 bits per heavy atom. The maximum atomic E-state index is 14.4. The van der Waals surface area contributed by atoms with E-state index in [9.17, 15) is 63.0 Å². The number of aliphatic carboxylic acids is 1. The molecular weight excluding hydrogens is 957 g/mol. The third-order valence-electron chi connectivity index (χ3n) is 11.0. The van der Waals surface area contributed by atoms with Crippen LogP contribution in [0.3, 0.4) is 0 Å². The van der Waals surface area contributed by atoms with Gasteiger partial charge in [-0.25, -0.2) is 0 Å². The number of hydrogen-bond donors (Lipinski definition) is 13. The highest BCUT2D eigenvalue weighted by Gasteiger charge is 2.40. The number of carboxylic acid groups (broad SMARTS) is 1. The zero-order valence-electron chi connectivity index (χ0n) is 39.6. The fourth-order valence-corrected chi connectivity index (χ4v) is 9.24. The zero-order valence-corrected chi connectivity index (χ0v) is 41.2. The summed E-state index contributed by atoms with van der Waals surface area (Å²) in [6.07, 6.45) is -0.632. The Labute approximate surface area is 413 Å². The Morgan fingerprint density at radius 2 is 1.31 bits per heavy atom. The Morgan fingerprint density at radius 3 is 1.89 bits per heavy atom. The summed E-state index contributed by atoms with van der Waals surface area (Å²) < 4.78 is 0. The lowest BCUT2D eigenvalue weighted by Gasteiger charge is -2.31. The van der Waals surface area contributed by atoms with Crippen molar-refractivity contribution in [2.45, 2.75) is 127 Å². The molecule has 0 aromatic heterocycles. The molecule has 0 aliphatic carbocycles. The van der Waals surface area contributed by atoms with Gasteiger partial charge in [0.1, 0.15) is 48.0 Å². The molecule has 0 spiro atoms. The molecule has 1 saturated heterocycles. The standard InChI is InChI=1S/C43H68N12O13S2/c1-5-22(4)35(54-36(60)25(44)16-23-8-10-24(56)11-9-23)41(65)50-27(12-13-32(46)57)38(62)51-29(17-33(47)58)39(63)53-30(20-70-69-19-26(45)43(67)68)42(66)55-14-6-7-31(55)40(64)52-28(15-21(2)3)37(61)49-18-34(48)59/h8-11,21-22,25-31,35,56H,5-7,12-20,44-45H2,1-4H3,(H2,46,57)(H2,47,58)(H2,48,59)(H,49,61)(H,50,65)(H,51,62)(H,52,64)(H,53,63)(H,54,60)(H,67,68)/t22-,25-,26-,27-,28-,29-,30-,31-,35?/m0/s1. The van der Waals surface area contributed by atoms with Gasteiger partial charge in [0.05, 0.1) is 19.0 Å². The quantitative estimate of drug-likeness (QED) is 0.0251. The number of likely N-dealkylation sites (tertiary alicyclic amines) is 1. The molecule has 1 aromatic carbocycles. The fraction of sp³-hybridized carbons (Fsp3) is 0.605. The van der Waals surface area contributed by atoms with E-state index >= 15 is 0 Å². The highest BCUT2D eigenvalue weighted by atomic mass is 33.1. The first-order valence-electron chi connectivity index (χ1n) is 22.6. The molecule has 0 radical (unpaired) electrons. The molecule has 390 valence electrons. The van der Waals surface area contributed by atoms with Crippen molar-refractivity contribution in [2.24, 2.45) is 40.5 Å². The minimum atomic E-state index is -1.80. The predicted octanol–water partition coefficient (Wildman–Crippen LogP) is -3.70. The molecule has 1 aliphatic rings. The topological polar surface area (TPSA) is 434 Å². The van der Waals surface area contributed by atoms with Gasteiger partial charge in [-0.2, -0.15) is 0 Å². The monoisotopic (exact) mass is 1020 g/mol. The number of nitrogens with two attached hydrogens (primary N) is 5. The number of benzene rings is 1. The van der Waals surface area contributed by atoms with Crippen molar-refractivity contribution in [2.75, 3.05) is 24.6 Å². The molecule has 1 unspecified atom stereocenters. The number of rotatable bonds is 31. The van der Waals surface area contributed by atoms with Crippen molar-refractivity contribution in [3.05, 3.63) is 29.8 Å². The minimum absolute atomic E-state index is 0.00778. The van der Waals surface area contributed by atoms with Crippen LogP contribution in [-0.4, -0.2) is 153 Å². The van der Waals surface area contributed by atoms with E-state index in [1.54, 1.807) is 39.8 Å². The van der Waals surface area contributed by atoms with Crippen LogP contribution in [0.1, 0.15) is 78.2 Å². The van der Waals surface area contributed by atoms with Crippen LogP contribution in [0.15, 0.2) is 24.3 Å². The maximum absolute atomic E-state index is 14.4. The molecule has 1 heterocycles. The van der Waals surface area contributed by atoms with E-state index in [2.05, 4.69) is 31.9 Å². The van der Waals surface area contributed by atoms with Crippen LogP contribution < -0.4 is 60.6 Å². The molecule has 0 bridgehead atoms. The molecular formula is C43H68N12O13S2. The number of carbonyl (C=O) groups is 11. The van der Waals surface area contributed by atoms with Crippen molar-refractivity contribution in [3.8, 4) is 5.75 Å². The second-order valence-electron chi connectivity index (χ2n) is 17.3. The highest BCUT2D eigenvalue weighted by molar-refractivity contribution is 8.76. The fourth-order valence-electron chi connectivity index (χ4n) is 6.97. The van der Waals surface area contributed by atoms with Gasteiger partial charge in [-0.05, 0) is 61.6 Å². The van der Waals surface area contributed by atoms with Crippen molar-refractivity contribution in [3.63, 3.8) is 0 Å². The number of phenols is 1. The molecule has 25 nitrogen and oxygen atoms in total. The second kappa shape index (κ2) is 29.8. The molecule has 1 fully saturated rings. The highest BCUT2D eigenvalue weighted by Crippen LogP contribution is 2.26. The van der Waals surface area contributed by atoms with Crippen molar-refractivity contribution < 1.29 is 63.0 Å². The molecule has 1 aromatic rings. The number of phenolic OH excluding ortho intramolecular Hbond substituents is 1. The first kappa shape index (κ1) is 59.9. The van der Waals surface area contributed by atoms with E-state index in [1.807, 2.05) is 0 Å². The number of amides is 10. The van der Waals surface area contributed by atoms with Gasteiger partial charge in [0.15, 0.2) is 0 Å². The number of carbonyl (C=O) groups excluding carboxylic acids is 10. The lowest BCUT2D eigenvalue weighted by Crippen LogP contribution is -2.61. The van der Waals surface area contributed by atoms with E-state index in [0.29, 0.717) is 18.4 Å². The van der Waals surface area contributed by atoms with Crippen LogP contribution in [0.2, 0.25) is 0 Å². The summed E-state index contributed by atoms with van der Waals surface area (Å²) in [5, 5.41) is 33.8. The number of nitrogens with zero attached hydrogens (tertiary/aromatic N) is 1. The van der Waals surface area contributed by atoms with Crippen LogP contribution in [0.5, 0.6) is 5.75 Å². The first-order valence-corrected chi connectivity index (χ1v) is 25.0. The lowest BCUT2D eigenvalue weighted by molar-refractivity contribution is -0.142. The summed E-state index contributed by atoms with van der Waals surface area (Å²) in [5.74, 6) is -11.0. The molecule has 18 N–H and O–H groups in total. The molecule has 0 saturated carbocycles. The van der Waals surface area contributed by atoms with Gasteiger partial charge in [-0.3, -0.25) is 52.7 Å². The number of aromatic hydroxyl groups is 1. The molecule has 70 heavy (non-hydrogen) atoms. The summed E-state index contributed by atoms with van der Waals surface area (Å²) in [7, 11) is 1.91. The third-order valence-corrected chi connectivity index (χ3v) is 13.4. The lowest BCUT2D eigenvalue weighted by atomic mass is 9.96. The normalized spacial score (nSPS) is 16.7. The van der Waals surface area contributed by atoms with Crippen molar-refractivity contribution in [1.29, 1.82) is 0 Å². The van der Waals surface area contributed by atoms with E-state index in [4.69, 9.17) is 28.7 Å².